The third-order valence-corrected chi connectivity index (χ3v) is 8.25. The van der Waals surface area contributed by atoms with Gasteiger partial charge in [-0.05, 0) is 60.3 Å². The van der Waals surface area contributed by atoms with Crippen LogP contribution in [0.4, 0.5) is 5.69 Å². The van der Waals surface area contributed by atoms with Crippen molar-refractivity contribution >= 4 is 27.0 Å². The van der Waals surface area contributed by atoms with Crippen LogP contribution in [0.3, 0.4) is 0 Å². The normalized spacial score (nSPS) is 14.9. The average molecular weight is 473 g/mol. The SMILES string of the molecule is COc1ccc(N(Cc2cc(CN3CCOCC3)cs2)S(=O)(=O)c2ccc(C)cc2)cc1. The van der Waals surface area contributed by atoms with Crippen LogP contribution in [0.2, 0.25) is 0 Å². The summed E-state index contributed by atoms with van der Waals surface area (Å²) in [4.78, 5) is 3.64. The van der Waals surface area contributed by atoms with Crippen molar-refractivity contribution in [2.75, 3.05) is 37.7 Å². The molecule has 0 aliphatic carbocycles. The van der Waals surface area contributed by atoms with E-state index in [1.165, 1.54) is 9.87 Å². The lowest BCUT2D eigenvalue weighted by Gasteiger charge is -2.26. The highest BCUT2D eigenvalue weighted by atomic mass is 32.2. The lowest BCUT2D eigenvalue weighted by atomic mass is 10.2. The highest BCUT2D eigenvalue weighted by molar-refractivity contribution is 7.92. The number of rotatable bonds is 8. The van der Waals surface area contributed by atoms with Gasteiger partial charge in [0.2, 0.25) is 0 Å². The Labute approximate surface area is 194 Å². The molecule has 3 aromatic rings. The molecule has 4 rings (SSSR count). The largest absolute Gasteiger partial charge is 0.497 e. The Morgan fingerprint density at radius 2 is 1.75 bits per heavy atom. The molecule has 2 heterocycles. The Morgan fingerprint density at radius 1 is 1.06 bits per heavy atom. The van der Waals surface area contributed by atoms with Gasteiger partial charge in [-0.15, -0.1) is 11.3 Å². The molecule has 1 saturated heterocycles. The van der Waals surface area contributed by atoms with Gasteiger partial charge in [-0.1, -0.05) is 17.7 Å². The number of hydrogen-bond acceptors (Lipinski definition) is 6. The van der Waals surface area contributed by atoms with Crippen molar-refractivity contribution in [3.63, 3.8) is 0 Å². The first-order chi connectivity index (χ1) is 15.5. The van der Waals surface area contributed by atoms with Crippen LogP contribution in [0.5, 0.6) is 5.75 Å². The number of hydrogen-bond donors (Lipinski definition) is 0. The van der Waals surface area contributed by atoms with E-state index in [0.717, 1.165) is 43.3 Å². The van der Waals surface area contributed by atoms with E-state index >= 15 is 0 Å². The summed E-state index contributed by atoms with van der Waals surface area (Å²) in [7, 11) is -2.14. The van der Waals surface area contributed by atoms with Crippen molar-refractivity contribution in [3.8, 4) is 5.75 Å². The first-order valence-electron chi connectivity index (χ1n) is 10.6. The summed E-state index contributed by atoms with van der Waals surface area (Å²) in [6.07, 6.45) is 0. The van der Waals surface area contributed by atoms with Gasteiger partial charge in [-0.3, -0.25) is 9.21 Å². The molecule has 1 aliphatic heterocycles. The standard InChI is InChI=1S/C24H28N2O4S2/c1-19-3-9-24(10-4-19)32(27,28)26(21-5-7-22(29-2)8-6-21)17-23-15-20(18-31-23)16-25-11-13-30-14-12-25/h3-10,15,18H,11-14,16-17H2,1-2H3. The van der Waals surface area contributed by atoms with Gasteiger partial charge in [0.15, 0.2) is 0 Å². The molecular formula is C24H28N2O4S2. The van der Waals surface area contributed by atoms with E-state index in [1.54, 1.807) is 54.8 Å². The van der Waals surface area contributed by atoms with Gasteiger partial charge >= 0.3 is 0 Å². The molecule has 0 spiro atoms. The maximum Gasteiger partial charge on any atom is 0.264 e. The Balaban J connectivity index is 1.61. The molecule has 0 atom stereocenters. The topological polar surface area (TPSA) is 59.1 Å². The zero-order chi connectivity index (χ0) is 22.6. The molecule has 1 aliphatic rings. The summed E-state index contributed by atoms with van der Waals surface area (Å²) < 4.78 is 39.4. The van der Waals surface area contributed by atoms with Crippen LogP contribution in [0.1, 0.15) is 16.0 Å². The monoisotopic (exact) mass is 472 g/mol. The van der Waals surface area contributed by atoms with Crippen LogP contribution >= 0.6 is 11.3 Å². The smallest absolute Gasteiger partial charge is 0.264 e. The second-order valence-electron chi connectivity index (χ2n) is 7.83. The molecule has 1 aromatic heterocycles. The van der Waals surface area contributed by atoms with Crippen LogP contribution in [0, 0.1) is 6.92 Å². The lowest BCUT2D eigenvalue weighted by Crippen LogP contribution is -2.35. The van der Waals surface area contributed by atoms with Gasteiger partial charge in [-0.2, -0.15) is 0 Å². The molecule has 0 amide bonds. The maximum atomic E-state index is 13.6. The molecule has 2 aromatic carbocycles. The van der Waals surface area contributed by atoms with Gasteiger partial charge in [0, 0.05) is 24.5 Å². The Hall–Kier alpha value is -2.39. The number of methoxy groups -OCH3 is 1. The van der Waals surface area contributed by atoms with E-state index in [2.05, 4.69) is 16.3 Å². The van der Waals surface area contributed by atoms with Gasteiger partial charge in [-0.25, -0.2) is 8.42 Å². The summed E-state index contributed by atoms with van der Waals surface area (Å²) in [5, 5.41) is 2.12. The van der Waals surface area contributed by atoms with Crippen LogP contribution in [-0.4, -0.2) is 46.7 Å². The molecule has 0 radical (unpaired) electrons. The number of aryl methyl sites for hydroxylation is 1. The number of anilines is 1. The molecule has 0 bridgehead atoms. The first kappa shape index (κ1) is 22.8. The second-order valence-corrected chi connectivity index (χ2v) is 10.7. The van der Waals surface area contributed by atoms with Crippen LogP contribution < -0.4 is 9.04 Å². The minimum absolute atomic E-state index is 0.274. The highest BCUT2D eigenvalue weighted by Gasteiger charge is 2.26. The van der Waals surface area contributed by atoms with E-state index in [0.29, 0.717) is 11.4 Å². The van der Waals surface area contributed by atoms with Crippen molar-refractivity contribution in [1.29, 1.82) is 0 Å². The van der Waals surface area contributed by atoms with Crippen molar-refractivity contribution in [2.45, 2.75) is 24.9 Å². The van der Waals surface area contributed by atoms with Crippen LogP contribution in [0.15, 0.2) is 64.9 Å². The molecule has 8 heteroatoms. The van der Waals surface area contributed by atoms with E-state index in [1.807, 2.05) is 19.1 Å². The summed E-state index contributed by atoms with van der Waals surface area (Å²) in [5.41, 5.74) is 2.83. The summed E-state index contributed by atoms with van der Waals surface area (Å²) in [6, 6.07) is 16.2. The highest BCUT2D eigenvalue weighted by Crippen LogP contribution is 2.30. The van der Waals surface area contributed by atoms with Crippen molar-refractivity contribution in [3.05, 3.63) is 76.0 Å². The fraction of sp³-hybridized carbons (Fsp3) is 0.333. The number of morpholine rings is 1. The summed E-state index contributed by atoms with van der Waals surface area (Å²) in [6.45, 7) is 6.44. The number of thiophene rings is 1. The van der Waals surface area contributed by atoms with Crippen LogP contribution in [0.25, 0.3) is 0 Å². The summed E-state index contributed by atoms with van der Waals surface area (Å²) in [5.74, 6) is 0.686. The first-order valence-corrected chi connectivity index (χ1v) is 12.9. The Bertz CT molecular complexity index is 1120. The third-order valence-electron chi connectivity index (χ3n) is 5.49. The number of benzene rings is 2. The maximum absolute atomic E-state index is 13.6. The lowest BCUT2D eigenvalue weighted by molar-refractivity contribution is 0.0342. The number of sulfonamides is 1. The third kappa shape index (κ3) is 5.32. The molecule has 0 N–H and O–H groups in total. The fourth-order valence-electron chi connectivity index (χ4n) is 3.65. The molecule has 6 nitrogen and oxygen atoms in total. The second kappa shape index (κ2) is 10.0. The Morgan fingerprint density at radius 3 is 2.41 bits per heavy atom. The van der Waals surface area contributed by atoms with E-state index in [4.69, 9.17) is 9.47 Å². The van der Waals surface area contributed by atoms with Gasteiger partial charge < -0.3 is 9.47 Å². The quantitative estimate of drug-likeness (QED) is 0.489. The van der Waals surface area contributed by atoms with Gasteiger partial charge in [0.1, 0.15) is 5.75 Å². The van der Waals surface area contributed by atoms with Crippen LogP contribution in [-0.2, 0) is 27.8 Å². The number of ether oxygens (including phenoxy) is 2. The zero-order valence-electron chi connectivity index (χ0n) is 18.4. The predicted octanol–water partition coefficient (Wildman–Crippen LogP) is 4.29. The van der Waals surface area contributed by atoms with Crippen molar-refractivity contribution in [2.24, 2.45) is 0 Å². The molecule has 0 saturated carbocycles. The fourth-order valence-corrected chi connectivity index (χ4v) is 6.04. The molecule has 32 heavy (non-hydrogen) atoms. The predicted molar refractivity (Wildman–Crippen MR) is 128 cm³/mol. The molecule has 170 valence electrons. The van der Waals surface area contributed by atoms with Crippen molar-refractivity contribution < 1.29 is 17.9 Å². The minimum Gasteiger partial charge on any atom is -0.497 e. The van der Waals surface area contributed by atoms with E-state index in [-0.39, 0.29) is 11.4 Å². The molecule has 0 unspecified atom stereocenters. The van der Waals surface area contributed by atoms with Gasteiger partial charge in [0.05, 0.1) is 37.5 Å². The van der Waals surface area contributed by atoms with E-state index in [9.17, 15) is 8.42 Å². The molecule has 1 fully saturated rings. The Kier molecular flexibility index (Phi) is 7.15. The molecular weight excluding hydrogens is 444 g/mol. The zero-order valence-corrected chi connectivity index (χ0v) is 20.0. The van der Waals surface area contributed by atoms with E-state index < -0.39 is 10.0 Å². The minimum atomic E-state index is -3.73. The summed E-state index contributed by atoms with van der Waals surface area (Å²) >= 11 is 1.59. The number of nitrogens with zero attached hydrogens (tertiary/aromatic N) is 2. The van der Waals surface area contributed by atoms with Gasteiger partial charge in [0.25, 0.3) is 10.0 Å². The average Bonchev–Trinajstić information content (AvgIpc) is 3.25. The van der Waals surface area contributed by atoms with Crippen molar-refractivity contribution in [1.82, 2.24) is 4.90 Å².